The highest BCUT2D eigenvalue weighted by molar-refractivity contribution is 6.31. The van der Waals surface area contributed by atoms with Crippen LogP contribution in [-0.4, -0.2) is 9.97 Å². The summed E-state index contributed by atoms with van der Waals surface area (Å²) in [5.41, 5.74) is 3.21. The van der Waals surface area contributed by atoms with Gasteiger partial charge in [-0.1, -0.05) is 54.1 Å². The van der Waals surface area contributed by atoms with Crippen LogP contribution in [0.4, 0.5) is 0 Å². The van der Waals surface area contributed by atoms with Crippen LogP contribution in [0.15, 0.2) is 60.7 Å². The molecule has 0 aliphatic carbocycles. The average molecular weight is 293 g/mol. The Morgan fingerprint density at radius 2 is 1.81 bits per heavy atom. The van der Waals surface area contributed by atoms with E-state index >= 15 is 0 Å². The molecule has 0 bridgehead atoms. The zero-order valence-electron chi connectivity index (χ0n) is 11.3. The lowest BCUT2D eigenvalue weighted by atomic mass is 10.0. The molecular weight excluding hydrogens is 280 g/mol. The standard InChI is InChI=1S/C18H13ClN2/c19-14-8-9-16-17(11-14)21-18(20-16)10-13-6-3-5-12-4-1-2-7-15(12)13/h1-9,11H,10H2,(H,20,21). The third kappa shape index (κ3) is 2.28. The van der Waals surface area contributed by atoms with E-state index in [0.717, 1.165) is 28.3 Å². The van der Waals surface area contributed by atoms with Gasteiger partial charge in [-0.15, -0.1) is 0 Å². The lowest BCUT2D eigenvalue weighted by molar-refractivity contribution is 1.05. The van der Waals surface area contributed by atoms with Crippen LogP contribution in [0.3, 0.4) is 0 Å². The molecule has 0 atom stereocenters. The molecule has 4 rings (SSSR count). The van der Waals surface area contributed by atoms with Crippen LogP contribution in [0.5, 0.6) is 0 Å². The van der Waals surface area contributed by atoms with Crippen LogP contribution in [-0.2, 0) is 6.42 Å². The van der Waals surface area contributed by atoms with Gasteiger partial charge in [0.1, 0.15) is 5.82 Å². The number of fused-ring (bicyclic) bond motifs is 2. The van der Waals surface area contributed by atoms with Gasteiger partial charge in [-0.05, 0) is 34.5 Å². The molecular formula is C18H13ClN2. The van der Waals surface area contributed by atoms with E-state index in [1.165, 1.54) is 16.3 Å². The minimum absolute atomic E-state index is 0.725. The average Bonchev–Trinajstić information content (AvgIpc) is 2.89. The molecule has 0 amide bonds. The molecule has 0 radical (unpaired) electrons. The maximum absolute atomic E-state index is 6.02. The van der Waals surface area contributed by atoms with Crippen molar-refractivity contribution in [2.75, 3.05) is 0 Å². The maximum Gasteiger partial charge on any atom is 0.111 e. The molecule has 2 nitrogen and oxygen atoms in total. The number of imidazole rings is 1. The highest BCUT2D eigenvalue weighted by Gasteiger charge is 2.06. The molecule has 0 aliphatic heterocycles. The molecule has 1 aromatic heterocycles. The summed E-state index contributed by atoms with van der Waals surface area (Å²) in [5, 5.41) is 3.26. The summed E-state index contributed by atoms with van der Waals surface area (Å²) in [6.45, 7) is 0. The van der Waals surface area contributed by atoms with Gasteiger partial charge >= 0.3 is 0 Å². The second-order valence-corrected chi connectivity index (χ2v) is 5.60. The number of H-pyrrole nitrogens is 1. The second kappa shape index (κ2) is 4.90. The Kier molecular flexibility index (Phi) is 2.90. The van der Waals surface area contributed by atoms with Crippen LogP contribution in [0.1, 0.15) is 11.4 Å². The Morgan fingerprint density at radius 1 is 0.952 bits per heavy atom. The van der Waals surface area contributed by atoms with Crippen molar-refractivity contribution in [3.8, 4) is 0 Å². The zero-order chi connectivity index (χ0) is 14.2. The summed E-state index contributed by atoms with van der Waals surface area (Å²) < 4.78 is 0. The summed E-state index contributed by atoms with van der Waals surface area (Å²) in [5.74, 6) is 0.962. The zero-order valence-corrected chi connectivity index (χ0v) is 12.1. The first-order valence-electron chi connectivity index (χ1n) is 6.90. The first-order chi connectivity index (χ1) is 10.3. The van der Waals surface area contributed by atoms with E-state index in [-0.39, 0.29) is 0 Å². The second-order valence-electron chi connectivity index (χ2n) is 5.16. The molecule has 0 unspecified atom stereocenters. The van der Waals surface area contributed by atoms with Crippen LogP contribution < -0.4 is 0 Å². The van der Waals surface area contributed by atoms with Crippen molar-refractivity contribution in [3.63, 3.8) is 0 Å². The first kappa shape index (κ1) is 12.4. The monoisotopic (exact) mass is 292 g/mol. The number of rotatable bonds is 2. The third-order valence-corrected chi connectivity index (χ3v) is 3.97. The van der Waals surface area contributed by atoms with E-state index in [4.69, 9.17) is 11.6 Å². The van der Waals surface area contributed by atoms with E-state index < -0.39 is 0 Å². The van der Waals surface area contributed by atoms with Crippen molar-refractivity contribution in [2.24, 2.45) is 0 Å². The summed E-state index contributed by atoms with van der Waals surface area (Å²) in [6.07, 6.45) is 0.785. The number of nitrogens with one attached hydrogen (secondary N) is 1. The van der Waals surface area contributed by atoms with Crippen LogP contribution in [0.2, 0.25) is 5.02 Å². The van der Waals surface area contributed by atoms with Gasteiger partial charge in [-0.3, -0.25) is 0 Å². The minimum Gasteiger partial charge on any atom is -0.342 e. The van der Waals surface area contributed by atoms with Gasteiger partial charge < -0.3 is 4.98 Å². The van der Waals surface area contributed by atoms with Crippen molar-refractivity contribution in [2.45, 2.75) is 6.42 Å². The lowest BCUT2D eigenvalue weighted by Gasteiger charge is -2.04. The first-order valence-corrected chi connectivity index (χ1v) is 7.28. The Hall–Kier alpha value is -2.32. The molecule has 3 heteroatoms. The van der Waals surface area contributed by atoms with E-state index in [2.05, 4.69) is 52.4 Å². The number of halogens is 1. The SMILES string of the molecule is Clc1ccc2nc(Cc3cccc4ccccc34)[nH]c2c1. The van der Waals surface area contributed by atoms with Gasteiger partial charge in [0.05, 0.1) is 11.0 Å². The molecule has 0 saturated carbocycles. The Balaban J connectivity index is 1.79. The molecule has 1 N–H and O–H groups in total. The quantitative estimate of drug-likeness (QED) is 0.556. The van der Waals surface area contributed by atoms with Gasteiger partial charge in [0, 0.05) is 11.4 Å². The predicted octanol–water partition coefficient (Wildman–Crippen LogP) is 4.96. The number of nitrogens with zero attached hydrogens (tertiary/aromatic N) is 1. The summed E-state index contributed by atoms with van der Waals surface area (Å²) >= 11 is 6.02. The minimum atomic E-state index is 0.725. The lowest BCUT2D eigenvalue weighted by Crippen LogP contribution is -1.91. The van der Waals surface area contributed by atoms with Crippen molar-refractivity contribution in [3.05, 3.63) is 77.1 Å². The van der Waals surface area contributed by atoms with E-state index in [1.54, 1.807) is 0 Å². The fourth-order valence-corrected chi connectivity index (χ4v) is 2.92. The van der Waals surface area contributed by atoms with Crippen molar-refractivity contribution in [1.29, 1.82) is 0 Å². The topological polar surface area (TPSA) is 28.7 Å². The fraction of sp³-hybridized carbons (Fsp3) is 0.0556. The number of hydrogen-bond acceptors (Lipinski definition) is 1. The Labute approximate surface area is 127 Å². The van der Waals surface area contributed by atoms with E-state index in [9.17, 15) is 0 Å². The molecule has 1 heterocycles. The van der Waals surface area contributed by atoms with Crippen molar-refractivity contribution in [1.82, 2.24) is 9.97 Å². The predicted molar refractivity (Wildman–Crippen MR) is 87.9 cm³/mol. The van der Waals surface area contributed by atoms with Crippen molar-refractivity contribution >= 4 is 33.4 Å². The van der Waals surface area contributed by atoms with E-state index in [1.807, 2.05) is 18.2 Å². The van der Waals surface area contributed by atoms with Gasteiger partial charge in [0.15, 0.2) is 0 Å². The highest BCUT2D eigenvalue weighted by Crippen LogP contribution is 2.22. The van der Waals surface area contributed by atoms with Gasteiger partial charge in [-0.2, -0.15) is 0 Å². The molecule has 0 saturated heterocycles. The number of aromatic amines is 1. The van der Waals surface area contributed by atoms with Crippen molar-refractivity contribution < 1.29 is 0 Å². The van der Waals surface area contributed by atoms with Gasteiger partial charge in [0.2, 0.25) is 0 Å². The van der Waals surface area contributed by atoms with Crippen LogP contribution in [0, 0.1) is 0 Å². The molecule has 102 valence electrons. The molecule has 4 aromatic rings. The smallest absolute Gasteiger partial charge is 0.111 e. The maximum atomic E-state index is 6.02. The fourth-order valence-electron chi connectivity index (χ4n) is 2.75. The molecule has 0 aliphatic rings. The van der Waals surface area contributed by atoms with E-state index in [0.29, 0.717) is 0 Å². The largest absolute Gasteiger partial charge is 0.342 e. The third-order valence-electron chi connectivity index (χ3n) is 3.73. The molecule has 21 heavy (non-hydrogen) atoms. The summed E-state index contributed by atoms with van der Waals surface area (Å²) in [4.78, 5) is 8.00. The highest BCUT2D eigenvalue weighted by atomic mass is 35.5. The Bertz CT molecular complexity index is 935. The number of hydrogen-bond donors (Lipinski definition) is 1. The number of aromatic nitrogens is 2. The van der Waals surface area contributed by atoms with Crippen LogP contribution >= 0.6 is 11.6 Å². The van der Waals surface area contributed by atoms with Gasteiger partial charge in [0.25, 0.3) is 0 Å². The molecule has 0 spiro atoms. The van der Waals surface area contributed by atoms with Gasteiger partial charge in [-0.25, -0.2) is 4.98 Å². The molecule has 3 aromatic carbocycles. The number of benzene rings is 3. The summed E-state index contributed by atoms with van der Waals surface area (Å²) in [7, 11) is 0. The Morgan fingerprint density at radius 3 is 2.76 bits per heavy atom. The normalized spacial score (nSPS) is 11.3. The summed E-state index contributed by atoms with van der Waals surface area (Å²) in [6, 6.07) is 20.5. The van der Waals surface area contributed by atoms with Crippen LogP contribution in [0.25, 0.3) is 21.8 Å². The molecule has 0 fully saturated rings.